The van der Waals surface area contributed by atoms with Gasteiger partial charge in [0.05, 0.1) is 12.5 Å². The first-order valence-electron chi connectivity index (χ1n) is 6.56. The van der Waals surface area contributed by atoms with E-state index in [0.717, 1.165) is 12.8 Å². The van der Waals surface area contributed by atoms with Crippen LogP contribution in [-0.4, -0.2) is 42.1 Å². The number of rotatable bonds is 5. The van der Waals surface area contributed by atoms with Crippen molar-refractivity contribution in [1.29, 1.82) is 0 Å². The van der Waals surface area contributed by atoms with E-state index < -0.39 is 12.0 Å². The monoisotopic (exact) mass is 271 g/mol. The van der Waals surface area contributed by atoms with Crippen molar-refractivity contribution in [2.24, 2.45) is 5.92 Å². The highest BCUT2D eigenvalue weighted by Gasteiger charge is 2.27. The predicted molar refractivity (Wildman–Crippen MR) is 68.6 cm³/mol. The van der Waals surface area contributed by atoms with Gasteiger partial charge in [-0.25, -0.2) is 4.79 Å². The zero-order valence-electron chi connectivity index (χ0n) is 11.1. The lowest BCUT2D eigenvalue weighted by molar-refractivity contribution is -0.143. The Morgan fingerprint density at radius 3 is 2.58 bits per heavy atom. The van der Waals surface area contributed by atoms with Crippen LogP contribution in [0.5, 0.6) is 0 Å². The van der Waals surface area contributed by atoms with Crippen LogP contribution in [0.3, 0.4) is 0 Å². The van der Waals surface area contributed by atoms with Crippen LogP contribution < -0.4 is 16.0 Å². The Morgan fingerprint density at radius 1 is 1.21 bits per heavy atom. The van der Waals surface area contributed by atoms with Crippen LogP contribution in [0.1, 0.15) is 32.6 Å². The van der Waals surface area contributed by atoms with E-state index in [1.807, 2.05) is 0 Å². The van der Waals surface area contributed by atoms with Gasteiger partial charge in [-0.15, -0.1) is 0 Å². The molecule has 0 heterocycles. The van der Waals surface area contributed by atoms with Crippen LogP contribution in [0.4, 0.5) is 4.79 Å². The Balaban J connectivity index is 2.28. The summed E-state index contributed by atoms with van der Waals surface area (Å²) in [7, 11) is 0. The highest BCUT2D eigenvalue weighted by atomic mass is 16.4. The number of hydrogen-bond acceptors (Lipinski definition) is 3. The molecule has 1 aliphatic rings. The predicted octanol–water partition coefficient (Wildman–Crippen LogP) is 0.0651. The molecule has 0 spiro atoms. The number of carbonyl (C=O) groups is 3. The molecule has 0 aromatic carbocycles. The molecule has 1 saturated carbocycles. The smallest absolute Gasteiger partial charge is 0.315 e. The summed E-state index contributed by atoms with van der Waals surface area (Å²) < 4.78 is 0. The molecular formula is C12H21N3O4. The fourth-order valence-corrected chi connectivity index (χ4v) is 2.20. The Morgan fingerprint density at radius 2 is 1.95 bits per heavy atom. The molecule has 1 rings (SSSR count). The lowest BCUT2D eigenvalue weighted by atomic mass is 9.86. The molecular weight excluding hydrogens is 250 g/mol. The molecule has 1 aliphatic carbocycles. The summed E-state index contributed by atoms with van der Waals surface area (Å²) in [5.74, 6) is -1.44. The molecule has 2 atom stereocenters. The van der Waals surface area contributed by atoms with E-state index in [2.05, 4.69) is 16.0 Å². The van der Waals surface area contributed by atoms with Gasteiger partial charge in [-0.2, -0.15) is 0 Å². The van der Waals surface area contributed by atoms with Gasteiger partial charge in [0.2, 0.25) is 5.91 Å². The third-order valence-electron chi connectivity index (χ3n) is 3.14. The van der Waals surface area contributed by atoms with Crippen molar-refractivity contribution in [3.05, 3.63) is 0 Å². The van der Waals surface area contributed by atoms with E-state index in [1.54, 1.807) is 6.92 Å². The quantitative estimate of drug-likeness (QED) is 0.567. The average molecular weight is 271 g/mol. The Kier molecular flexibility index (Phi) is 6.11. The van der Waals surface area contributed by atoms with Crippen molar-refractivity contribution in [2.75, 3.05) is 13.1 Å². The van der Waals surface area contributed by atoms with E-state index in [0.29, 0.717) is 19.4 Å². The van der Waals surface area contributed by atoms with Crippen LogP contribution in [0, 0.1) is 5.92 Å². The molecule has 0 aromatic rings. The van der Waals surface area contributed by atoms with Crippen molar-refractivity contribution in [3.63, 3.8) is 0 Å². The van der Waals surface area contributed by atoms with Crippen LogP contribution in [-0.2, 0) is 9.59 Å². The summed E-state index contributed by atoms with van der Waals surface area (Å²) in [5, 5.41) is 16.7. The average Bonchev–Trinajstić information content (AvgIpc) is 2.37. The second-order valence-corrected chi connectivity index (χ2v) is 4.68. The number of carboxylic acids is 1. The lowest BCUT2D eigenvalue weighted by Gasteiger charge is -2.27. The molecule has 0 bridgehead atoms. The fourth-order valence-electron chi connectivity index (χ4n) is 2.20. The van der Waals surface area contributed by atoms with E-state index >= 15 is 0 Å². The molecule has 4 N–H and O–H groups in total. The molecule has 0 radical (unpaired) electrons. The molecule has 7 heteroatoms. The van der Waals surface area contributed by atoms with Gasteiger partial charge in [-0.1, -0.05) is 6.42 Å². The molecule has 19 heavy (non-hydrogen) atoms. The highest BCUT2D eigenvalue weighted by molar-refractivity contribution is 5.84. The molecule has 0 aliphatic heterocycles. The number of carbonyl (C=O) groups excluding carboxylic acids is 2. The standard InChI is InChI=1S/C12H21N3O4/c1-2-13-10(16)7-14-12(19)15-9-5-3-4-8(6-9)11(17)18/h8-9H,2-7H2,1H3,(H,13,16)(H,17,18)(H2,14,15,19). The van der Waals surface area contributed by atoms with Gasteiger partial charge in [0.15, 0.2) is 0 Å². The minimum atomic E-state index is -0.811. The van der Waals surface area contributed by atoms with Gasteiger partial charge >= 0.3 is 12.0 Å². The molecule has 3 amide bonds. The molecule has 7 nitrogen and oxygen atoms in total. The third-order valence-corrected chi connectivity index (χ3v) is 3.14. The number of likely N-dealkylation sites (N-methyl/N-ethyl adjacent to an activating group) is 1. The normalized spacial score (nSPS) is 22.4. The first-order chi connectivity index (χ1) is 9.02. The molecule has 0 aromatic heterocycles. The summed E-state index contributed by atoms with van der Waals surface area (Å²) in [4.78, 5) is 33.6. The van der Waals surface area contributed by atoms with Crippen LogP contribution in [0.25, 0.3) is 0 Å². The van der Waals surface area contributed by atoms with Crippen molar-refractivity contribution < 1.29 is 19.5 Å². The molecule has 108 valence electrons. The maximum Gasteiger partial charge on any atom is 0.315 e. The van der Waals surface area contributed by atoms with E-state index in [4.69, 9.17) is 5.11 Å². The molecule has 2 unspecified atom stereocenters. The summed E-state index contributed by atoms with van der Waals surface area (Å²) in [6.07, 6.45) is 2.68. The summed E-state index contributed by atoms with van der Waals surface area (Å²) in [6, 6.07) is -0.564. The van der Waals surface area contributed by atoms with E-state index in [9.17, 15) is 14.4 Å². The maximum atomic E-state index is 11.5. The van der Waals surface area contributed by atoms with Gasteiger partial charge in [0, 0.05) is 12.6 Å². The van der Waals surface area contributed by atoms with Gasteiger partial charge in [0.1, 0.15) is 0 Å². The summed E-state index contributed by atoms with van der Waals surface area (Å²) in [5.41, 5.74) is 0. The van der Waals surface area contributed by atoms with Crippen molar-refractivity contribution in [3.8, 4) is 0 Å². The summed E-state index contributed by atoms with van der Waals surface area (Å²) >= 11 is 0. The zero-order valence-corrected chi connectivity index (χ0v) is 11.1. The first-order valence-corrected chi connectivity index (χ1v) is 6.56. The van der Waals surface area contributed by atoms with Gasteiger partial charge in [-0.3, -0.25) is 9.59 Å². The topological polar surface area (TPSA) is 108 Å². The van der Waals surface area contributed by atoms with E-state index in [1.165, 1.54) is 0 Å². The van der Waals surface area contributed by atoms with Crippen LogP contribution in [0.15, 0.2) is 0 Å². The second-order valence-electron chi connectivity index (χ2n) is 4.68. The Bertz CT molecular complexity index is 346. The van der Waals surface area contributed by atoms with Gasteiger partial charge < -0.3 is 21.1 Å². The SMILES string of the molecule is CCNC(=O)CNC(=O)NC1CCCC(C(=O)O)C1. The summed E-state index contributed by atoms with van der Waals surface area (Å²) in [6.45, 7) is 2.24. The van der Waals surface area contributed by atoms with Crippen molar-refractivity contribution in [1.82, 2.24) is 16.0 Å². The zero-order chi connectivity index (χ0) is 14.3. The first kappa shape index (κ1) is 15.3. The minimum Gasteiger partial charge on any atom is -0.481 e. The maximum absolute atomic E-state index is 11.5. The van der Waals surface area contributed by atoms with Crippen molar-refractivity contribution in [2.45, 2.75) is 38.6 Å². The van der Waals surface area contributed by atoms with Gasteiger partial charge in [0.25, 0.3) is 0 Å². The second kappa shape index (κ2) is 7.60. The van der Waals surface area contributed by atoms with Crippen LogP contribution in [0.2, 0.25) is 0 Å². The largest absolute Gasteiger partial charge is 0.481 e. The lowest BCUT2D eigenvalue weighted by Crippen LogP contribution is -2.47. The third kappa shape index (κ3) is 5.58. The van der Waals surface area contributed by atoms with Crippen molar-refractivity contribution >= 4 is 17.9 Å². The number of nitrogens with one attached hydrogen (secondary N) is 3. The number of urea groups is 1. The molecule has 0 saturated heterocycles. The number of hydrogen-bond donors (Lipinski definition) is 4. The Hall–Kier alpha value is -1.79. The Labute approximate surface area is 112 Å². The minimum absolute atomic E-state index is 0.0747. The van der Waals surface area contributed by atoms with Gasteiger partial charge in [-0.05, 0) is 26.2 Å². The van der Waals surface area contributed by atoms with Crippen LogP contribution >= 0.6 is 0 Å². The number of aliphatic carboxylic acids is 1. The van der Waals surface area contributed by atoms with E-state index in [-0.39, 0.29) is 24.4 Å². The fraction of sp³-hybridized carbons (Fsp3) is 0.750. The highest BCUT2D eigenvalue weighted by Crippen LogP contribution is 2.24. The number of amides is 3. The molecule has 1 fully saturated rings. The number of carboxylic acid groups (broad SMARTS) is 1.